The van der Waals surface area contributed by atoms with Crippen LogP contribution in [0.1, 0.15) is 51.9 Å². The van der Waals surface area contributed by atoms with E-state index in [1.807, 2.05) is 0 Å². The Bertz CT molecular complexity index is 179. The van der Waals surface area contributed by atoms with Crippen molar-refractivity contribution in [1.29, 1.82) is 0 Å². The molecule has 82 valence electrons. The molecule has 2 nitrogen and oxygen atoms in total. The van der Waals surface area contributed by atoms with E-state index in [1.54, 1.807) is 0 Å². The molecule has 0 aromatic heterocycles. The van der Waals surface area contributed by atoms with E-state index in [4.69, 9.17) is 0 Å². The van der Waals surface area contributed by atoms with Gasteiger partial charge in [0.25, 0.3) is 0 Å². The standard InChI is InChI=1S/C12H23NO/c1-2-4-11(10-5-6-10)13-12(9-14)7-3-8-12/h10-11,13-14H,2-9H2,1H3. The van der Waals surface area contributed by atoms with E-state index in [2.05, 4.69) is 12.2 Å². The molecule has 2 aliphatic rings. The van der Waals surface area contributed by atoms with Crippen LogP contribution in [0, 0.1) is 5.92 Å². The van der Waals surface area contributed by atoms with Gasteiger partial charge in [0, 0.05) is 11.6 Å². The molecule has 0 saturated heterocycles. The third-order valence-corrected chi connectivity index (χ3v) is 3.90. The summed E-state index contributed by atoms with van der Waals surface area (Å²) >= 11 is 0. The molecule has 1 unspecified atom stereocenters. The average molecular weight is 197 g/mol. The molecule has 0 aromatic rings. The highest BCUT2D eigenvalue weighted by Gasteiger charge is 2.41. The van der Waals surface area contributed by atoms with Gasteiger partial charge < -0.3 is 10.4 Å². The van der Waals surface area contributed by atoms with Crippen molar-refractivity contribution in [2.45, 2.75) is 63.5 Å². The molecule has 2 aliphatic carbocycles. The Morgan fingerprint density at radius 1 is 1.43 bits per heavy atom. The molecule has 0 aliphatic heterocycles. The van der Waals surface area contributed by atoms with Gasteiger partial charge in [-0.15, -0.1) is 0 Å². The zero-order valence-electron chi connectivity index (χ0n) is 9.26. The normalized spacial score (nSPS) is 27.0. The minimum absolute atomic E-state index is 0.114. The first-order valence-electron chi connectivity index (χ1n) is 6.18. The summed E-state index contributed by atoms with van der Waals surface area (Å²) in [5, 5.41) is 13.1. The predicted molar refractivity (Wildman–Crippen MR) is 58.2 cm³/mol. The number of aliphatic hydroxyl groups excluding tert-OH is 1. The molecule has 2 rings (SSSR count). The van der Waals surface area contributed by atoms with Gasteiger partial charge >= 0.3 is 0 Å². The lowest BCUT2D eigenvalue weighted by molar-refractivity contribution is 0.0717. The van der Waals surface area contributed by atoms with E-state index >= 15 is 0 Å². The zero-order valence-corrected chi connectivity index (χ0v) is 9.26. The van der Waals surface area contributed by atoms with Crippen molar-refractivity contribution in [2.24, 2.45) is 5.92 Å². The second kappa shape index (κ2) is 4.19. The van der Waals surface area contributed by atoms with Crippen LogP contribution in [-0.4, -0.2) is 23.3 Å². The van der Waals surface area contributed by atoms with Crippen LogP contribution in [0.25, 0.3) is 0 Å². The van der Waals surface area contributed by atoms with Crippen LogP contribution in [0.2, 0.25) is 0 Å². The maximum absolute atomic E-state index is 9.39. The second-order valence-corrected chi connectivity index (χ2v) is 5.17. The fourth-order valence-corrected chi connectivity index (χ4v) is 2.58. The number of aliphatic hydroxyl groups is 1. The summed E-state index contributed by atoms with van der Waals surface area (Å²) < 4.78 is 0. The van der Waals surface area contributed by atoms with Crippen molar-refractivity contribution in [2.75, 3.05) is 6.61 Å². The van der Waals surface area contributed by atoms with Crippen molar-refractivity contribution >= 4 is 0 Å². The van der Waals surface area contributed by atoms with E-state index in [0.29, 0.717) is 12.6 Å². The Kier molecular flexibility index (Phi) is 3.13. The highest BCUT2D eigenvalue weighted by atomic mass is 16.3. The third-order valence-electron chi connectivity index (χ3n) is 3.90. The molecule has 2 saturated carbocycles. The van der Waals surface area contributed by atoms with Gasteiger partial charge in [0.2, 0.25) is 0 Å². The van der Waals surface area contributed by atoms with Crippen LogP contribution < -0.4 is 5.32 Å². The van der Waals surface area contributed by atoms with E-state index in [9.17, 15) is 5.11 Å². The lowest BCUT2D eigenvalue weighted by atomic mass is 9.76. The molecular weight excluding hydrogens is 174 g/mol. The Balaban J connectivity index is 1.85. The Morgan fingerprint density at radius 3 is 2.50 bits per heavy atom. The summed E-state index contributed by atoms with van der Waals surface area (Å²) in [7, 11) is 0. The summed E-state index contributed by atoms with van der Waals surface area (Å²) in [6.45, 7) is 2.59. The molecule has 0 heterocycles. The van der Waals surface area contributed by atoms with E-state index in [0.717, 1.165) is 5.92 Å². The van der Waals surface area contributed by atoms with Gasteiger partial charge in [0.05, 0.1) is 6.61 Å². The highest BCUT2D eigenvalue weighted by Crippen LogP contribution is 2.39. The van der Waals surface area contributed by atoms with Crippen molar-refractivity contribution in [1.82, 2.24) is 5.32 Å². The van der Waals surface area contributed by atoms with E-state index < -0.39 is 0 Å². The molecule has 0 spiro atoms. The second-order valence-electron chi connectivity index (χ2n) is 5.17. The van der Waals surface area contributed by atoms with Crippen molar-refractivity contribution in [3.05, 3.63) is 0 Å². The summed E-state index contributed by atoms with van der Waals surface area (Å²) in [5.74, 6) is 0.916. The monoisotopic (exact) mass is 197 g/mol. The lowest BCUT2D eigenvalue weighted by Crippen LogP contribution is -2.58. The van der Waals surface area contributed by atoms with Crippen LogP contribution in [0.15, 0.2) is 0 Å². The largest absolute Gasteiger partial charge is 0.394 e. The minimum atomic E-state index is 0.114. The van der Waals surface area contributed by atoms with Gasteiger partial charge in [-0.05, 0) is 44.4 Å². The highest BCUT2D eigenvalue weighted by molar-refractivity contribution is 5.00. The SMILES string of the molecule is CCCC(NC1(CO)CCC1)C1CC1. The maximum Gasteiger partial charge on any atom is 0.0613 e. The van der Waals surface area contributed by atoms with Gasteiger partial charge in [0.1, 0.15) is 0 Å². The van der Waals surface area contributed by atoms with Crippen LogP contribution in [-0.2, 0) is 0 Å². The topological polar surface area (TPSA) is 32.3 Å². The lowest BCUT2D eigenvalue weighted by Gasteiger charge is -2.44. The molecule has 0 aromatic carbocycles. The fraction of sp³-hybridized carbons (Fsp3) is 1.00. The molecule has 0 radical (unpaired) electrons. The Hall–Kier alpha value is -0.0800. The molecule has 2 heteroatoms. The molecule has 1 atom stereocenters. The minimum Gasteiger partial charge on any atom is -0.394 e. The smallest absolute Gasteiger partial charge is 0.0613 e. The van der Waals surface area contributed by atoms with Crippen molar-refractivity contribution < 1.29 is 5.11 Å². The number of rotatable bonds is 6. The summed E-state index contributed by atoms with van der Waals surface area (Å²) in [6.07, 6.45) is 8.99. The number of hydrogen-bond donors (Lipinski definition) is 2. The van der Waals surface area contributed by atoms with Gasteiger partial charge in [-0.25, -0.2) is 0 Å². The first-order chi connectivity index (χ1) is 6.79. The summed E-state index contributed by atoms with van der Waals surface area (Å²) in [5.41, 5.74) is 0.114. The average Bonchev–Trinajstić information content (AvgIpc) is 2.92. The van der Waals surface area contributed by atoms with E-state index in [-0.39, 0.29) is 5.54 Å². The van der Waals surface area contributed by atoms with E-state index in [1.165, 1.54) is 44.9 Å². The van der Waals surface area contributed by atoms with Gasteiger partial charge in [0.15, 0.2) is 0 Å². The van der Waals surface area contributed by atoms with Crippen LogP contribution in [0.5, 0.6) is 0 Å². The summed E-state index contributed by atoms with van der Waals surface area (Å²) in [4.78, 5) is 0. The number of hydrogen-bond acceptors (Lipinski definition) is 2. The van der Waals surface area contributed by atoms with Crippen molar-refractivity contribution in [3.8, 4) is 0 Å². The third kappa shape index (κ3) is 2.12. The molecule has 2 fully saturated rings. The van der Waals surface area contributed by atoms with Gasteiger partial charge in [-0.2, -0.15) is 0 Å². The van der Waals surface area contributed by atoms with Gasteiger partial charge in [-0.3, -0.25) is 0 Å². The Morgan fingerprint density at radius 2 is 2.14 bits per heavy atom. The summed E-state index contributed by atoms with van der Waals surface area (Å²) in [6, 6.07) is 0.687. The van der Waals surface area contributed by atoms with Crippen LogP contribution >= 0.6 is 0 Å². The van der Waals surface area contributed by atoms with Crippen molar-refractivity contribution in [3.63, 3.8) is 0 Å². The quantitative estimate of drug-likeness (QED) is 0.683. The Labute approximate surface area is 87.1 Å². The molecule has 14 heavy (non-hydrogen) atoms. The first kappa shape index (κ1) is 10.4. The maximum atomic E-state index is 9.39. The molecular formula is C12H23NO. The predicted octanol–water partition coefficient (Wildman–Crippen LogP) is 2.07. The zero-order chi connectivity index (χ0) is 10.0. The number of nitrogens with one attached hydrogen (secondary N) is 1. The fourth-order valence-electron chi connectivity index (χ4n) is 2.58. The van der Waals surface area contributed by atoms with Crippen LogP contribution in [0.4, 0.5) is 0 Å². The molecule has 0 amide bonds. The van der Waals surface area contributed by atoms with Crippen LogP contribution in [0.3, 0.4) is 0 Å². The molecule has 2 N–H and O–H groups in total. The molecule has 0 bridgehead atoms. The van der Waals surface area contributed by atoms with Gasteiger partial charge in [-0.1, -0.05) is 13.3 Å². The first-order valence-corrected chi connectivity index (χ1v) is 6.18.